The molecule has 18 heavy (non-hydrogen) atoms. The lowest BCUT2D eigenvalue weighted by Crippen LogP contribution is -2.07. The summed E-state index contributed by atoms with van der Waals surface area (Å²) in [6.45, 7) is 0.423. The summed E-state index contributed by atoms with van der Waals surface area (Å²) in [5.74, 6) is -3.83. The molecule has 94 valence electrons. The molecule has 1 heterocycles. The van der Waals surface area contributed by atoms with Gasteiger partial charge in [0.1, 0.15) is 0 Å². The Morgan fingerprint density at radius 3 is 2.39 bits per heavy atom. The van der Waals surface area contributed by atoms with Gasteiger partial charge in [0.25, 0.3) is 0 Å². The van der Waals surface area contributed by atoms with E-state index in [1.54, 1.807) is 12.4 Å². The Morgan fingerprint density at radius 1 is 0.944 bits per heavy atom. The van der Waals surface area contributed by atoms with Gasteiger partial charge in [-0.05, 0) is 36.2 Å². The van der Waals surface area contributed by atoms with Crippen molar-refractivity contribution in [2.45, 2.75) is 6.42 Å². The standard InChI is InChI=1S/C13H11F3N2/c14-10-1-2-11(13(16)12(10)15)18-8-5-9-3-6-17-7-4-9/h1-4,6-7,18H,5,8H2. The van der Waals surface area contributed by atoms with Crippen LogP contribution in [-0.4, -0.2) is 11.5 Å². The quantitative estimate of drug-likeness (QED) is 0.845. The Kier molecular flexibility index (Phi) is 3.82. The molecular formula is C13H11F3N2. The average molecular weight is 252 g/mol. The summed E-state index contributed by atoms with van der Waals surface area (Å²) < 4.78 is 38.9. The number of benzene rings is 1. The number of nitrogens with one attached hydrogen (secondary N) is 1. The molecule has 0 bridgehead atoms. The summed E-state index contributed by atoms with van der Waals surface area (Å²) in [5, 5.41) is 2.73. The molecule has 0 aliphatic heterocycles. The van der Waals surface area contributed by atoms with Crippen LogP contribution in [0.5, 0.6) is 0 Å². The Labute approximate surface area is 102 Å². The Balaban J connectivity index is 1.97. The van der Waals surface area contributed by atoms with Gasteiger partial charge >= 0.3 is 0 Å². The van der Waals surface area contributed by atoms with Crippen LogP contribution in [-0.2, 0) is 6.42 Å². The highest BCUT2D eigenvalue weighted by Gasteiger charge is 2.12. The van der Waals surface area contributed by atoms with Crippen LogP contribution >= 0.6 is 0 Å². The molecule has 0 unspecified atom stereocenters. The molecule has 0 radical (unpaired) electrons. The van der Waals surface area contributed by atoms with Gasteiger partial charge < -0.3 is 5.32 Å². The minimum absolute atomic E-state index is 0.0389. The van der Waals surface area contributed by atoms with Gasteiger partial charge in [0.15, 0.2) is 17.5 Å². The van der Waals surface area contributed by atoms with Crippen LogP contribution < -0.4 is 5.32 Å². The van der Waals surface area contributed by atoms with E-state index in [-0.39, 0.29) is 5.69 Å². The van der Waals surface area contributed by atoms with Crippen LogP contribution in [0, 0.1) is 17.5 Å². The van der Waals surface area contributed by atoms with Gasteiger partial charge in [0, 0.05) is 18.9 Å². The second-order valence-electron chi connectivity index (χ2n) is 3.76. The molecule has 1 aromatic heterocycles. The molecule has 0 saturated carbocycles. The zero-order valence-corrected chi connectivity index (χ0v) is 9.46. The van der Waals surface area contributed by atoms with E-state index in [1.165, 1.54) is 6.07 Å². The molecule has 1 aromatic carbocycles. The van der Waals surface area contributed by atoms with E-state index in [2.05, 4.69) is 10.3 Å². The van der Waals surface area contributed by atoms with E-state index in [9.17, 15) is 13.2 Å². The highest BCUT2D eigenvalue weighted by Crippen LogP contribution is 2.19. The van der Waals surface area contributed by atoms with E-state index < -0.39 is 17.5 Å². The highest BCUT2D eigenvalue weighted by molar-refractivity contribution is 5.45. The molecule has 0 aliphatic carbocycles. The lowest BCUT2D eigenvalue weighted by atomic mass is 10.2. The van der Waals surface area contributed by atoms with Crippen LogP contribution in [0.2, 0.25) is 0 Å². The Morgan fingerprint density at radius 2 is 1.67 bits per heavy atom. The predicted molar refractivity (Wildman–Crippen MR) is 62.7 cm³/mol. The van der Waals surface area contributed by atoms with Gasteiger partial charge in [0.2, 0.25) is 0 Å². The maximum absolute atomic E-state index is 13.3. The molecule has 0 saturated heterocycles. The summed E-state index contributed by atoms with van der Waals surface area (Å²) in [5.41, 5.74) is 0.989. The predicted octanol–water partition coefficient (Wildman–Crippen LogP) is 3.15. The number of hydrogen-bond donors (Lipinski definition) is 1. The van der Waals surface area contributed by atoms with E-state index >= 15 is 0 Å². The molecule has 0 aliphatic rings. The number of aromatic nitrogens is 1. The topological polar surface area (TPSA) is 24.9 Å². The number of halogens is 3. The zero-order valence-electron chi connectivity index (χ0n) is 9.46. The molecule has 2 nitrogen and oxygen atoms in total. The van der Waals surface area contributed by atoms with Gasteiger partial charge in [-0.1, -0.05) is 0 Å². The second-order valence-corrected chi connectivity index (χ2v) is 3.76. The lowest BCUT2D eigenvalue weighted by Gasteiger charge is -2.08. The normalized spacial score (nSPS) is 10.4. The van der Waals surface area contributed by atoms with Crippen molar-refractivity contribution in [3.63, 3.8) is 0 Å². The minimum atomic E-state index is -1.45. The molecule has 2 rings (SSSR count). The molecule has 1 N–H and O–H groups in total. The van der Waals surface area contributed by atoms with Crippen LogP contribution in [0.15, 0.2) is 36.7 Å². The average Bonchev–Trinajstić information content (AvgIpc) is 2.40. The van der Waals surface area contributed by atoms with Crippen LogP contribution in [0.3, 0.4) is 0 Å². The van der Waals surface area contributed by atoms with Crippen molar-refractivity contribution in [1.29, 1.82) is 0 Å². The summed E-state index contributed by atoms with van der Waals surface area (Å²) >= 11 is 0. The maximum atomic E-state index is 13.3. The van der Waals surface area contributed by atoms with E-state index in [0.29, 0.717) is 13.0 Å². The fraction of sp³-hybridized carbons (Fsp3) is 0.154. The van der Waals surface area contributed by atoms with Crippen molar-refractivity contribution in [3.05, 3.63) is 59.7 Å². The molecular weight excluding hydrogens is 241 g/mol. The number of anilines is 1. The fourth-order valence-corrected chi connectivity index (χ4v) is 1.55. The minimum Gasteiger partial charge on any atom is -0.382 e. The zero-order chi connectivity index (χ0) is 13.0. The van der Waals surface area contributed by atoms with E-state index in [1.807, 2.05) is 12.1 Å². The summed E-state index contributed by atoms with van der Waals surface area (Å²) in [6.07, 6.45) is 3.96. The third-order valence-electron chi connectivity index (χ3n) is 2.51. The van der Waals surface area contributed by atoms with Crippen LogP contribution in [0.25, 0.3) is 0 Å². The van der Waals surface area contributed by atoms with Gasteiger partial charge in [-0.3, -0.25) is 4.98 Å². The first-order valence-electron chi connectivity index (χ1n) is 5.45. The van der Waals surface area contributed by atoms with Crippen molar-refractivity contribution in [3.8, 4) is 0 Å². The van der Waals surface area contributed by atoms with Crippen molar-refractivity contribution in [2.24, 2.45) is 0 Å². The van der Waals surface area contributed by atoms with Gasteiger partial charge in [-0.15, -0.1) is 0 Å². The summed E-state index contributed by atoms with van der Waals surface area (Å²) in [4.78, 5) is 3.88. The first-order valence-corrected chi connectivity index (χ1v) is 5.45. The fourth-order valence-electron chi connectivity index (χ4n) is 1.55. The Hall–Kier alpha value is -2.04. The van der Waals surface area contributed by atoms with Crippen molar-refractivity contribution >= 4 is 5.69 Å². The highest BCUT2D eigenvalue weighted by atomic mass is 19.2. The van der Waals surface area contributed by atoms with Gasteiger partial charge in [0.05, 0.1) is 5.69 Å². The molecule has 0 spiro atoms. The third-order valence-corrected chi connectivity index (χ3v) is 2.51. The van der Waals surface area contributed by atoms with Crippen LogP contribution in [0.4, 0.5) is 18.9 Å². The smallest absolute Gasteiger partial charge is 0.196 e. The molecule has 5 heteroatoms. The number of pyridine rings is 1. The molecule has 0 amide bonds. The first kappa shape index (κ1) is 12.4. The van der Waals surface area contributed by atoms with Crippen LogP contribution in [0.1, 0.15) is 5.56 Å². The third kappa shape index (κ3) is 2.80. The SMILES string of the molecule is Fc1ccc(NCCc2ccncc2)c(F)c1F. The van der Waals surface area contributed by atoms with E-state index in [4.69, 9.17) is 0 Å². The number of nitrogens with zero attached hydrogens (tertiary/aromatic N) is 1. The second kappa shape index (κ2) is 5.53. The van der Waals surface area contributed by atoms with Crippen molar-refractivity contribution in [2.75, 3.05) is 11.9 Å². The monoisotopic (exact) mass is 252 g/mol. The van der Waals surface area contributed by atoms with Gasteiger partial charge in [-0.2, -0.15) is 0 Å². The maximum Gasteiger partial charge on any atom is 0.196 e. The van der Waals surface area contributed by atoms with Crippen molar-refractivity contribution < 1.29 is 13.2 Å². The summed E-state index contributed by atoms with van der Waals surface area (Å²) in [7, 11) is 0. The first-order chi connectivity index (χ1) is 8.68. The largest absolute Gasteiger partial charge is 0.382 e. The Bertz CT molecular complexity index is 529. The molecule has 0 atom stereocenters. The number of rotatable bonds is 4. The van der Waals surface area contributed by atoms with Crippen molar-refractivity contribution in [1.82, 2.24) is 4.98 Å². The molecule has 0 fully saturated rings. The number of hydrogen-bond acceptors (Lipinski definition) is 2. The van der Waals surface area contributed by atoms with Gasteiger partial charge in [-0.25, -0.2) is 13.2 Å². The molecule has 2 aromatic rings. The lowest BCUT2D eigenvalue weighted by molar-refractivity contribution is 0.449. The van der Waals surface area contributed by atoms with E-state index in [0.717, 1.165) is 11.6 Å². The summed E-state index contributed by atoms with van der Waals surface area (Å²) in [6, 6.07) is 5.75.